The molecule has 0 bridgehead atoms. The van der Waals surface area contributed by atoms with E-state index in [0.717, 1.165) is 48.3 Å². The maximum Gasteiger partial charge on any atom is 0.280 e. The first-order valence-corrected chi connectivity index (χ1v) is 11.3. The normalized spacial score (nSPS) is 14.9. The van der Waals surface area contributed by atoms with Gasteiger partial charge in [-0.15, -0.1) is 5.10 Å². The summed E-state index contributed by atoms with van der Waals surface area (Å²) in [6, 6.07) is 8.61. The molecule has 1 aromatic carbocycles. The Morgan fingerprint density at radius 1 is 1.13 bits per heavy atom. The Hall–Kier alpha value is -3.13. The zero-order chi connectivity index (χ0) is 21.8. The van der Waals surface area contributed by atoms with Crippen LogP contribution in [0.1, 0.15) is 58.9 Å². The van der Waals surface area contributed by atoms with E-state index in [0.29, 0.717) is 11.3 Å². The van der Waals surface area contributed by atoms with Crippen LogP contribution in [0.15, 0.2) is 48.1 Å². The fraction of sp³-hybridized carbons (Fsp3) is 0.348. The summed E-state index contributed by atoms with van der Waals surface area (Å²) in [6.45, 7) is 3.95. The van der Waals surface area contributed by atoms with Crippen LogP contribution in [0, 0.1) is 13.8 Å². The Morgan fingerprint density at radius 2 is 1.87 bits per heavy atom. The second-order valence-corrected chi connectivity index (χ2v) is 8.47. The summed E-state index contributed by atoms with van der Waals surface area (Å²) in [6.07, 6.45) is 7.41. The lowest BCUT2D eigenvalue weighted by atomic mass is 10.0. The van der Waals surface area contributed by atoms with Crippen molar-refractivity contribution in [3.05, 3.63) is 70.5 Å². The molecular weight excluding hydrogens is 410 g/mol. The molecule has 0 radical (unpaired) electrons. The molecule has 3 aromatic rings. The van der Waals surface area contributed by atoms with Gasteiger partial charge in [0.15, 0.2) is 5.69 Å². The van der Waals surface area contributed by atoms with Crippen molar-refractivity contribution < 1.29 is 9.59 Å². The molecule has 160 valence electrons. The van der Waals surface area contributed by atoms with E-state index >= 15 is 0 Å². The number of pyridine rings is 1. The lowest BCUT2D eigenvalue weighted by molar-refractivity contribution is -0.123. The van der Waals surface area contributed by atoms with E-state index in [-0.39, 0.29) is 23.6 Å². The first-order valence-electron chi connectivity index (χ1n) is 10.4. The summed E-state index contributed by atoms with van der Waals surface area (Å²) in [4.78, 5) is 32.9. The van der Waals surface area contributed by atoms with Crippen LogP contribution in [0.5, 0.6) is 0 Å². The molecule has 2 aromatic heterocycles. The van der Waals surface area contributed by atoms with Crippen molar-refractivity contribution in [2.24, 2.45) is 0 Å². The van der Waals surface area contributed by atoms with Gasteiger partial charge < -0.3 is 5.32 Å². The average Bonchev–Trinajstić information content (AvgIpc) is 3.49. The number of aryl methyl sites for hydroxylation is 1. The van der Waals surface area contributed by atoms with Gasteiger partial charge in [-0.05, 0) is 73.1 Å². The molecule has 4 rings (SSSR count). The number of carbonyl (C=O) groups is 2. The van der Waals surface area contributed by atoms with E-state index in [4.69, 9.17) is 0 Å². The van der Waals surface area contributed by atoms with Gasteiger partial charge in [0.2, 0.25) is 5.91 Å². The van der Waals surface area contributed by atoms with Crippen LogP contribution in [-0.2, 0) is 4.79 Å². The Kier molecular flexibility index (Phi) is 6.36. The molecule has 1 atom stereocenters. The van der Waals surface area contributed by atoms with Gasteiger partial charge in [-0.25, -0.2) is 0 Å². The molecule has 1 fully saturated rings. The lowest BCUT2D eigenvalue weighted by Gasteiger charge is -2.33. The van der Waals surface area contributed by atoms with E-state index in [1.807, 2.05) is 32.0 Å². The number of hydrogen-bond donors (Lipinski definition) is 1. The van der Waals surface area contributed by atoms with E-state index in [9.17, 15) is 9.59 Å². The number of carbonyl (C=O) groups excluding carboxylic acids is 2. The van der Waals surface area contributed by atoms with E-state index < -0.39 is 6.04 Å². The summed E-state index contributed by atoms with van der Waals surface area (Å²) in [5.41, 5.74) is 3.58. The Bertz CT molecular complexity index is 1050. The van der Waals surface area contributed by atoms with Crippen molar-refractivity contribution in [2.75, 3.05) is 4.90 Å². The molecule has 1 saturated carbocycles. The van der Waals surface area contributed by atoms with E-state index in [2.05, 4.69) is 19.9 Å². The summed E-state index contributed by atoms with van der Waals surface area (Å²) in [5.74, 6) is -0.554. The van der Waals surface area contributed by atoms with Crippen molar-refractivity contribution >= 4 is 29.0 Å². The average molecular weight is 436 g/mol. The largest absolute Gasteiger partial charge is 0.351 e. The second-order valence-electron chi connectivity index (χ2n) is 7.86. The molecule has 8 heteroatoms. The Labute approximate surface area is 185 Å². The number of nitrogens with zero attached hydrogens (tertiary/aromatic N) is 4. The number of anilines is 1. The van der Waals surface area contributed by atoms with Crippen LogP contribution >= 0.6 is 11.5 Å². The van der Waals surface area contributed by atoms with Gasteiger partial charge >= 0.3 is 0 Å². The number of amides is 2. The fourth-order valence-electron chi connectivity index (χ4n) is 4.06. The van der Waals surface area contributed by atoms with Crippen LogP contribution in [0.4, 0.5) is 5.69 Å². The lowest BCUT2D eigenvalue weighted by Crippen LogP contribution is -2.46. The number of aromatic nitrogens is 3. The second kappa shape index (κ2) is 9.34. The highest BCUT2D eigenvalue weighted by molar-refractivity contribution is 7.03. The zero-order valence-electron chi connectivity index (χ0n) is 17.6. The molecule has 31 heavy (non-hydrogen) atoms. The molecular formula is C23H25N5O2S. The fourth-order valence-corrected chi connectivity index (χ4v) is 4.49. The predicted octanol–water partition coefficient (Wildman–Crippen LogP) is 4.00. The molecule has 0 aliphatic heterocycles. The standard InChI is InChI=1S/C23H25N5O2S/c1-15-6-5-9-20(16(15)2)28(23(30)19-14-31-27-26-19)21(17-10-12-24-13-11-17)22(29)25-18-7-3-4-8-18/h5-6,9-14,18,21H,3-4,7-8H2,1-2H3,(H,25,29)/t21-/m0/s1. The molecule has 1 aliphatic carbocycles. The molecule has 1 N–H and O–H groups in total. The summed E-state index contributed by atoms with van der Waals surface area (Å²) in [7, 11) is 0. The van der Waals surface area contributed by atoms with Gasteiger partial charge in [0.05, 0.1) is 0 Å². The third-order valence-corrected chi connectivity index (χ3v) is 6.37. The first-order chi connectivity index (χ1) is 15.1. The maximum atomic E-state index is 13.7. The van der Waals surface area contributed by atoms with Gasteiger partial charge in [-0.2, -0.15) is 0 Å². The highest BCUT2D eigenvalue weighted by atomic mass is 32.1. The summed E-state index contributed by atoms with van der Waals surface area (Å²) >= 11 is 1.11. The number of rotatable bonds is 6. The summed E-state index contributed by atoms with van der Waals surface area (Å²) < 4.78 is 3.85. The van der Waals surface area contributed by atoms with Crippen LogP contribution in [-0.4, -0.2) is 32.4 Å². The molecule has 0 spiro atoms. The number of hydrogen-bond acceptors (Lipinski definition) is 6. The molecule has 0 unspecified atom stereocenters. The van der Waals surface area contributed by atoms with E-state index in [1.165, 1.54) is 0 Å². The van der Waals surface area contributed by atoms with Gasteiger partial charge in [-0.3, -0.25) is 19.5 Å². The van der Waals surface area contributed by atoms with Crippen molar-refractivity contribution in [3.63, 3.8) is 0 Å². The van der Waals surface area contributed by atoms with Crippen molar-refractivity contribution in [2.45, 2.75) is 51.6 Å². The third-order valence-electron chi connectivity index (χ3n) is 5.86. The quantitative estimate of drug-likeness (QED) is 0.632. The number of benzene rings is 1. The minimum absolute atomic E-state index is 0.133. The van der Waals surface area contributed by atoms with Crippen LogP contribution in [0.3, 0.4) is 0 Å². The molecule has 7 nitrogen and oxygen atoms in total. The van der Waals surface area contributed by atoms with Gasteiger partial charge in [0.1, 0.15) is 6.04 Å². The SMILES string of the molecule is Cc1cccc(N(C(=O)c2csnn2)[C@H](C(=O)NC2CCCC2)c2ccncc2)c1C. The highest BCUT2D eigenvalue weighted by Crippen LogP contribution is 2.33. The highest BCUT2D eigenvalue weighted by Gasteiger charge is 2.36. The zero-order valence-corrected chi connectivity index (χ0v) is 18.4. The molecule has 0 saturated heterocycles. The van der Waals surface area contributed by atoms with Gasteiger partial charge in [0.25, 0.3) is 5.91 Å². The minimum atomic E-state index is -0.849. The monoisotopic (exact) mass is 435 g/mol. The van der Waals surface area contributed by atoms with Crippen LogP contribution < -0.4 is 10.2 Å². The van der Waals surface area contributed by atoms with Crippen molar-refractivity contribution in [1.82, 2.24) is 19.9 Å². The van der Waals surface area contributed by atoms with Crippen molar-refractivity contribution in [1.29, 1.82) is 0 Å². The number of nitrogens with one attached hydrogen (secondary N) is 1. The molecule has 1 aliphatic rings. The Balaban J connectivity index is 1.83. The van der Waals surface area contributed by atoms with Crippen LogP contribution in [0.2, 0.25) is 0 Å². The third kappa shape index (κ3) is 4.49. The predicted molar refractivity (Wildman–Crippen MR) is 120 cm³/mol. The van der Waals surface area contributed by atoms with Gasteiger partial charge in [-0.1, -0.05) is 29.5 Å². The van der Waals surface area contributed by atoms with E-state index in [1.54, 1.807) is 34.8 Å². The van der Waals surface area contributed by atoms with Gasteiger partial charge in [0, 0.05) is 29.5 Å². The topological polar surface area (TPSA) is 88.1 Å². The maximum absolute atomic E-state index is 13.7. The van der Waals surface area contributed by atoms with Crippen LogP contribution in [0.25, 0.3) is 0 Å². The summed E-state index contributed by atoms with van der Waals surface area (Å²) in [5, 5.41) is 8.77. The Morgan fingerprint density at radius 3 is 2.55 bits per heavy atom. The van der Waals surface area contributed by atoms with Crippen molar-refractivity contribution in [3.8, 4) is 0 Å². The molecule has 2 amide bonds. The smallest absolute Gasteiger partial charge is 0.280 e. The first kappa shape index (κ1) is 21.1. The molecule has 2 heterocycles. The minimum Gasteiger partial charge on any atom is -0.351 e.